The number of aromatic nitrogens is 3. The molecule has 0 unspecified atom stereocenters. The molecular formula is C13H25N5O. The van der Waals surface area contributed by atoms with Gasteiger partial charge >= 0.3 is 6.01 Å². The van der Waals surface area contributed by atoms with Crippen molar-refractivity contribution in [1.82, 2.24) is 15.0 Å². The summed E-state index contributed by atoms with van der Waals surface area (Å²) in [5.74, 6) is 1.07. The Labute approximate surface area is 115 Å². The minimum Gasteiger partial charge on any atom is -0.461 e. The maximum absolute atomic E-state index is 5.53. The molecule has 0 aliphatic rings. The summed E-state index contributed by atoms with van der Waals surface area (Å²) < 4.78 is 5.53. The van der Waals surface area contributed by atoms with E-state index >= 15 is 0 Å². The predicted octanol–water partition coefficient (Wildman–Crippen LogP) is 2.55. The molecule has 0 atom stereocenters. The topological polar surface area (TPSA) is 72.0 Å². The molecule has 0 radical (unpaired) electrons. The van der Waals surface area contributed by atoms with E-state index in [0.29, 0.717) is 17.9 Å². The molecular weight excluding hydrogens is 242 g/mol. The maximum Gasteiger partial charge on any atom is 0.323 e. The quantitative estimate of drug-likeness (QED) is 0.825. The van der Waals surface area contributed by atoms with E-state index in [1.54, 1.807) is 0 Å². The Morgan fingerprint density at radius 2 is 1.63 bits per heavy atom. The number of nitrogens with one attached hydrogen (secondary N) is 2. The second-order valence-corrected chi connectivity index (χ2v) is 5.88. The SMILES string of the molecule is CCNc1nc(NCC(C)(C)C)nc(OC(C)C)n1. The highest BCUT2D eigenvalue weighted by Gasteiger charge is 2.13. The minimum atomic E-state index is 0.0346. The van der Waals surface area contributed by atoms with Gasteiger partial charge in [0.25, 0.3) is 0 Å². The first-order valence-corrected chi connectivity index (χ1v) is 6.70. The van der Waals surface area contributed by atoms with Gasteiger partial charge in [-0.25, -0.2) is 0 Å². The van der Waals surface area contributed by atoms with E-state index in [1.165, 1.54) is 0 Å². The zero-order valence-electron chi connectivity index (χ0n) is 12.7. The molecule has 0 fully saturated rings. The van der Waals surface area contributed by atoms with E-state index in [-0.39, 0.29) is 11.5 Å². The second-order valence-electron chi connectivity index (χ2n) is 5.88. The molecule has 6 nitrogen and oxygen atoms in total. The molecule has 6 heteroatoms. The molecule has 0 saturated carbocycles. The summed E-state index contributed by atoms with van der Waals surface area (Å²) in [5, 5.41) is 6.29. The standard InChI is InChI=1S/C13H25N5O/c1-7-14-10-16-11(15-8-13(4,5)6)18-12(17-10)19-9(2)3/h9H,7-8H2,1-6H3,(H2,14,15,16,17,18). The molecule has 1 aromatic heterocycles. The van der Waals surface area contributed by atoms with E-state index < -0.39 is 0 Å². The van der Waals surface area contributed by atoms with Crippen LogP contribution in [0.5, 0.6) is 6.01 Å². The van der Waals surface area contributed by atoms with Gasteiger partial charge in [-0.2, -0.15) is 15.0 Å². The van der Waals surface area contributed by atoms with Crippen LogP contribution < -0.4 is 15.4 Å². The van der Waals surface area contributed by atoms with Crippen LogP contribution >= 0.6 is 0 Å². The fourth-order valence-electron chi connectivity index (χ4n) is 1.28. The van der Waals surface area contributed by atoms with Crippen LogP contribution in [0.1, 0.15) is 41.5 Å². The molecule has 108 valence electrons. The molecule has 1 rings (SSSR count). The van der Waals surface area contributed by atoms with Gasteiger partial charge in [0.15, 0.2) is 0 Å². The van der Waals surface area contributed by atoms with Crippen LogP contribution in [0.25, 0.3) is 0 Å². The van der Waals surface area contributed by atoms with Crippen molar-refractivity contribution < 1.29 is 4.74 Å². The lowest BCUT2D eigenvalue weighted by Gasteiger charge is -2.19. The third-order valence-electron chi connectivity index (χ3n) is 2.07. The molecule has 0 aliphatic carbocycles. The molecule has 1 heterocycles. The Kier molecular flexibility index (Phi) is 5.32. The van der Waals surface area contributed by atoms with Gasteiger partial charge in [0.1, 0.15) is 0 Å². The van der Waals surface area contributed by atoms with Crippen molar-refractivity contribution in [2.45, 2.75) is 47.6 Å². The number of anilines is 2. The van der Waals surface area contributed by atoms with Crippen LogP contribution in [-0.2, 0) is 0 Å². The lowest BCUT2D eigenvalue weighted by Crippen LogP contribution is -2.21. The molecule has 0 saturated heterocycles. The number of nitrogens with zero attached hydrogens (tertiary/aromatic N) is 3. The highest BCUT2D eigenvalue weighted by atomic mass is 16.5. The van der Waals surface area contributed by atoms with Gasteiger partial charge in [0.05, 0.1) is 6.10 Å². The van der Waals surface area contributed by atoms with Crippen LogP contribution in [0.3, 0.4) is 0 Å². The van der Waals surface area contributed by atoms with Gasteiger partial charge in [-0.1, -0.05) is 20.8 Å². The predicted molar refractivity (Wildman–Crippen MR) is 77.7 cm³/mol. The molecule has 0 spiro atoms. The normalized spacial score (nSPS) is 11.5. The van der Waals surface area contributed by atoms with E-state index in [9.17, 15) is 0 Å². The molecule has 0 amide bonds. The fourth-order valence-corrected chi connectivity index (χ4v) is 1.28. The largest absolute Gasteiger partial charge is 0.461 e. The van der Waals surface area contributed by atoms with Crippen molar-refractivity contribution >= 4 is 11.9 Å². The maximum atomic E-state index is 5.53. The Morgan fingerprint density at radius 1 is 1.05 bits per heavy atom. The van der Waals surface area contributed by atoms with Gasteiger partial charge in [-0.3, -0.25) is 0 Å². The third kappa shape index (κ3) is 6.22. The lowest BCUT2D eigenvalue weighted by molar-refractivity contribution is 0.222. The van der Waals surface area contributed by atoms with Gasteiger partial charge in [-0.15, -0.1) is 0 Å². The summed E-state index contributed by atoms with van der Waals surface area (Å²) in [5.41, 5.74) is 0.157. The average Bonchev–Trinajstić information content (AvgIpc) is 2.24. The van der Waals surface area contributed by atoms with Crippen LogP contribution in [0.2, 0.25) is 0 Å². The highest BCUT2D eigenvalue weighted by molar-refractivity contribution is 5.35. The first kappa shape index (κ1) is 15.5. The van der Waals surface area contributed by atoms with Crippen LogP contribution in [0.4, 0.5) is 11.9 Å². The number of rotatable bonds is 6. The van der Waals surface area contributed by atoms with Crippen LogP contribution in [-0.4, -0.2) is 34.1 Å². The third-order valence-corrected chi connectivity index (χ3v) is 2.07. The van der Waals surface area contributed by atoms with E-state index in [1.807, 2.05) is 20.8 Å². The summed E-state index contributed by atoms with van der Waals surface area (Å²) in [4.78, 5) is 12.8. The van der Waals surface area contributed by atoms with Crippen molar-refractivity contribution in [1.29, 1.82) is 0 Å². The smallest absolute Gasteiger partial charge is 0.323 e. The Bertz CT molecular complexity index is 401. The monoisotopic (exact) mass is 267 g/mol. The van der Waals surface area contributed by atoms with Crippen molar-refractivity contribution in [3.63, 3.8) is 0 Å². The molecule has 19 heavy (non-hydrogen) atoms. The van der Waals surface area contributed by atoms with Crippen LogP contribution in [0, 0.1) is 5.41 Å². The Hall–Kier alpha value is -1.59. The summed E-state index contributed by atoms with van der Waals surface area (Å²) >= 11 is 0. The lowest BCUT2D eigenvalue weighted by atomic mass is 9.97. The van der Waals surface area contributed by atoms with Crippen molar-refractivity contribution in [2.24, 2.45) is 5.41 Å². The first-order valence-electron chi connectivity index (χ1n) is 6.70. The Balaban J connectivity index is 2.86. The van der Waals surface area contributed by atoms with Gasteiger partial charge < -0.3 is 15.4 Å². The van der Waals surface area contributed by atoms with E-state index in [2.05, 4.69) is 46.4 Å². The molecule has 2 N–H and O–H groups in total. The van der Waals surface area contributed by atoms with E-state index in [4.69, 9.17) is 4.74 Å². The molecule has 0 aliphatic heterocycles. The van der Waals surface area contributed by atoms with Crippen molar-refractivity contribution in [3.8, 4) is 6.01 Å². The highest BCUT2D eigenvalue weighted by Crippen LogP contribution is 2.16. The number of ether oxygens (including phenoxy) is 1. The summed E-state index contributed by atoms with van der Waals surface area (Å²) in [6, 6.07) is 0.345. The van der Waals surface area contributed by atoms with Crippen LogP contribution in [0.15, 0.2) is 0 Å². The van der Waals surface area contributed by atoms with Crippen molar-refractivity contribution in [3.05, 3.63) is 0 Å². The zero-order chi connectivity index (χ0) is 14.5. The first-order chi connectivity index (χ1) is 8.80. The molecule has 1 aromatic rings. The number of hydrogen-bond donors (Lipinski definition) is 2. The van der Waals surface area contributed by atoms with Crippen molar-refractivity contribution in [2.75, 3.05) is 23.7 Å². The average molecular weight is 267 g/mol. The van der Waals surface area contributed by atoms with E-state index in [0.717, 1.165) is 13.1 Å². The zero-order valence-corrected chi connectivity index (χ0v) is 12.7. The summed E-state index contributed by atoms with van der Waals surface area (Å²) in [7, 11) is 0. The summed E-state index contributed by atoms with van der Waals surface area (Å²) in [6.45, 7) is 13.9. The molecule has 0 aromatic carbocycles. The second kappa shape index (κ2) is 6.54. The fraction of sp³-hybridized carbons (Fsp3) is 0.769. The summed E-state index contributed by atoms with van der Waals surface area (Å²) in [6.07, 6.45) is 0.0346. The molecule has 0 bridgehead atoms. The number of hydrogen-bond acceptors (Lipinski definition) is 6. The van der Waals surface area contributed by atoms with Gasteiger partial charge in [0, 0.05) is 13.1 Å². The Morgan fingerprint density at radius 3 is 2.11 bits per heavy atom. The van der Waals surface area contributed by atoms with Gasteiger partial charge in [-0.05, 0) is 26.2 Å². The minimum absolute atomic E-state index is 0.0346. The van der Waals surface area contributed by atoms with Gasteiger partial charge in [0.2, 0.25) is 11.9 Å².